The van der Waals surface area contributed by atoms with Crippen molar-refractivity contribution in [1.82, 2.24) is 24.4 Å². The molecule has 3 aromatic rings. The lowest BCUT2D eigenvalue weighted by Crippen LogP contribution is -2.44. The Morgan fingerprint density at radius 1 is 0.844 bits per heavy atom. The van der Waals surface area contributed by atoms with Crippen molar-refractivity contribution >= 4 is 34.3 Å². The van der Waals surface area contributed by atoms with Gasteiger partial charge in [-0.2, -0.15) is 9.97 Å². The molecule has 3 fully saturated rings. The van der Waals surface area contributed by atoms with E-state index in [1.807, 2.05) is 6.33 Å². The van der Waals surface area contributed by atoms with Crippen LogP contribution < -0.4 is 15.1 Å². The van der Waals surface area contributed by atoms with Crippen molar-refractivity contribution in [2.24, 2.45) is 0 Å². The van der Waals surface area contributed by atoms with Gasteiger partial charge < -0.3 is 24.6 Å². The lowest BCUT2D eigenvalue weighted by atomic mass is 9.93. The maximum atomic E-state index is 4.97. The average molecular weight is 433 g/mol. The summed E-state index contributed by atoms with van der Waals surface area (Å²) >= 11 is 0. The number of rotatable bonds is 5. The standard InChI is InChI=1S/C24H32N8/c1-29-13-15-30(16-14-29)19-9-7-18(8-10-19)26-22-21-23(32(17-25-21)20-5-4-6-20)28-24(27-22)31-11-2-3-12-31/h7-10,17,20H,2-6,11-16H2,1H3,(H,26,27,28). The van der Waals surface area contributed by atoms with Gasteiger partial charge in [0.1, 0.15) is 0 Å². The number of benzene rings is 1. The third-order valence-corrected chi connectivity index (χ3v) is 7.27. The van der Waals surface area contributed by atoms with Gasteiger partial charge in [-0.1, -0.05) is 0 Å². The summed E-state index contributed by atoms with van der Waals surface area (Å²) in [7, 11) is 2.19. The number of imidazole rings is 1. The molecule has 0 spiro atoms. The molecule has 2 saturated heterocycles. The normalized spacial score (nSPS) is 20.2. The number of piperazine rings is 1. The largest absolute Gasteiger partial charge is 0.369 e. The van der Waals surface area contributed by atoms with Crippen molar-refractivity contribution < 1.29 is 0 Å². The van der Waals surface area contributed by atoms with Crippen molar-refractivity contribution in [2.45, 2.75) is 38.1 Å². The first-order valence-electron chi connectivity index (χ1n) is 12.0. The Balaban J connectivity index is 1.30. The zero-order valence-electron chi connectivity index (χ0n) is 18.9. The molecule has 168 valence electrons. The van der Waals surface area contributed by atoms with E-state index in [1.165, 1.54) is 37.8 Å². The van der Waals surface area contributed by atoms with Gasteiger partial charge in [-0.05, 0) is 63.4 Å². The van der Waals surface area contributed by atoms with Crippen LogP contribution in [-0.2, 0) is 0 Å². The summed E-state index contributed by atoms with van der Waals surface area (Å²) in [6.07, 6.45) is 8.09. The van der Waals surface area contributed by atoms with Gasteiger partial charge in [0.2, 0.25) is 5.95 Å². The molecule has 2 aromatic heterocycles. The molecule has 1 aromatic carbocycles. The predicted molar refractivity (Wildman–Crippen MR) is 129 cm³/mol. The summed E-state index contributed by atoms with van der Waals surface area (Å²) in [6.45, 7) is 6.44. The molecule has 2 aliphatic heterocycles. The predicted octanol–water partition coefficient (Wildman–Crippen LogP) is 3.65. The number of anilines is 4. The quantitative estimate of drug-likeness (QED) is 0.660. The lowest BCUT2D eigenvalue weighted by molar-refractivity contribution is 0.313. The molecular weight excluding hydrogens is 400 g/mol. The third-order valence-electron chi connectivity index (χ3n) is 7.27. The second kappa shape index (κ2) is 8.24. The third kappa shape index (κ3) is 3.66. The molecule has 3 aliphatic rings. The van der Waals surface area contributed by atoms with Crippen LogP contribution in [-0.4, -0.2) is 70.7 Å². The Morgan fingerprint density at radius 3 is 2.28 bits per heavy atom. The summed E-state index contributed by atoms with van der Waals surface area (Å²) in [4.78, 5) is 21.8. The van der Waals surface area contributed by atoms with E-state index in [0.717, 1.165) is 67.9 Å². The van der Waals surface area contributed by atoms with Gasteiger partial charge in [0.15, 0.2) is 17.0 Å². The van der Waals surface area contributed by atoms with Crippen molar-refractivity contribution in [3.8, 4) is 0 Å². The highest BCUT2D eigenvalue weighted by molar-refractivity contribution is 5.87. The Kier molecular flexibility index (Phi) is 5.09. The van der Waals surface area contributed by atoms with Crippen LogP contribution in [0.4, 0.5) is 23.1 Å². The molecule has 6 rings (SSSR count). The topological polar surface area (TPSA) is 65.3 Å². The monoisotopic (exact) mass is 432 g/mol. The van der Waals surface area contributed by atoms with Gasteiger partial charge in [0.25, 0.3) is 0 Å². The highest BCUT2D eigenvalue weighted by atomic mass is 15.3. The second-order valence-corrected chi connectivity index (χ2v) is 9.44. The molecule has 8 heteroatoms. The van der Waals surface area contributed by atoms with E-state index < -0.39 is 0 Å². The van der Waals surface area contributed by atoms with Crippen molar-refractivity contribution in [3.05, 3.63) is 30.6 Å². The molecule has 0 atom stereocenters. The van der Waals surface area contributed by atoms with E-state index in [2.05, 4.69) is 55.9 Å². The van der Waals surface area contributed by atoms with Gasteiger partial charge in [-0.3, -0.25) is 0 Å². The fourth-order valence-corrected chi connectivity index (χ4v) is 4.94. The highest BCUT2D eigenvalue weighted by Gasteiger charge is 2.25. The van der Waals surface area contributed by atoms with Crippen molar-refractivity contribution in [2.75, 3.05) is 61.4 Å². The Labute approximate surface area is 189 Å². The fraction of sp³-hybridized carbons (Fsp3) is 0.542. The summed E-state index contributed by atoms with van der Waals surface area (Å²) in [5, 5.41) is 3.56. The second-order valence-electron chi connectivity index (χ2n) is 9.44. The first-order chi connectivity index (χ1) is 15.7. The van der Waals surface area contributed by atoms with Crippen LogP contribution in [0.5, 0.6) is 0 Å². The molecule has 0 bridgehead atoms. The highest BCUT2D eigenvalue weighted by Crippen LogP contribution is 2.36. The molecular formula is C24H32N8. The van der Waals surface area contributed by atoms with Gasteiger partial charge in [-0.25, -0.2) is 4.98 Å². The lowest BCUT2D eigenvalue weighted by Gasteiger charge is -2.34. The minimum absolute atomic E-state index is 0.525. The van der Waals surface area contributed by atoms with Crippen LogP contribution >= 0.6 is 0 Å². The van der Waals surface area contributed by atoms with Crippen LogP contribution in [0, 0.1) is 0 Å². The van der Waals surface area contributed by atoms with E-state index in [0.29, 0.717) is 6.04 Å². The summed E-state index contributed by atoms with van der Waals surface area (Å²) in [5.41, 5.74) is 4.14. The van der Waals surface area contributed by atoms with Crippen LogP contribution in [0.2, 0.25) is 0 Å². The smallest absolute Gasteiger partial charge is 0.229 e. The van der Waals surface area contributed by atoms with Gasteiger partial charge >= 0.3 is 0 Å². The molecule has 0 amide bonds. The molecule has 8 nitrogen and oxygen atoms in total. The van der Waals surface area contributed by atoms with Crippen molar-refractivity contribution in [3.63, 3.8) is 0 Å². The van der Waals surface area contributed by atoms with Gasteiger partial charge in [-0.15, -0.1) is 0 Å². The van der Waals surface area contributed by atoms with Crippen LogP contribution in [0.1, 0.15) is 38.1 Å². The number of nitrogens with one attached hydrogen (secondary N) is 1. The minimum atomic E-state index is 0.525. The summed E-state index contributed by atoms with van der Waals surface area (Å²) < 4.78 is 2.27. The van der Waals surface area contributed by atoms with Gasteiger partial charge in [0, 0.05) is 56.7 Å². The first-order valence-corrected chi connectivity index (χ1v) is 12.0. The SMILES string of the molecule is CN1CCN(c2ccc(Nc3nc(N4CCCC4)nc4c3ncn4C3CCC3)cc2)CC1. The van der Waals surface area contributed by atoms with E-state index in [4.69, 9.17) is 15.0 Å². The molecule has 0 unspecified atom stereocenters. The van der Waals surface area contributed by atoms with Crippen molar-refractivity contribution in [1.29, 1.82) is 0 Å². The molecule has 1 N–H and O–H groups in total. The summed E-state index contributed by atoms with van der Waals surface area (Å²) in [6, 6.07) is 9.25. The van der Waals surface area contributed by atoms with E-state index in [9.17, 15) is 0 Å². The molecule has 1 aliphatic carbocycles. The zero-order valence-corrected chi connectivity index (χ0v) is 18.9. The molecule has 1 saturated carbocycles. The minimum Gasteiger partial charge on any atom is -0.369 e. The van der Waals surface area contributed by atoms with Crippen LogP contribution in [0.15, 0.2) is 30.6 Å². The molecule has 4 heterocycles. The maximum Gasteiger partial charge on any atom is 0.229 e. The number of likely N-dealkylation sites (N-methyl/N-ethyl adjacent to an activating group) is 1. The average Bonchev–Trinajstić information content (AvgIpc) is 3.45. The Hall–Kier alpha value is -2.87. The van der Waals surface area contributed by atoms with E-state index >= 15 is 0 Å². The van der Waals surface area contributed by atoms with Gasteiger partial charge in [0.05, 0.1) is 6.33 Å². The van der Waals surface area contributed by atoms with Crippen LogP contribution in [0.3, 0.4) is 0 Å². The number of nitrogens with zero attached hydrogens (tertiary/aromatic N) is 7. The number of fused-ring (bicyclic) bond motifs is 1. The number of hydrogen-bond acceptors (Lipinski definition) is 7. The fourth-order valence-electron chi connectivity index (χ4n) is 4.94. The van der Waals surface area contributed by atoms with Crippen LogP contribution in [0.25, 0.3) is 11.2 Å². The Morgan fingerprint density at radius 2 is 1.59 bits per heavy atom. The maximum absolute atomic E-state index is 4.97. The molecule has 32 heavy (non-hydrogen) atoms. The zero-order chi connectivity index (χ0) is 21.5. The number of hydrogen-bond donors (Lipinski definition) is 1. The Bertz CT molecular complexity index is 1070. The van der Waals surface area contributed by atoms with E-state index in [1.54, 1.807) is 0 Å². The molecule has 0 radical (unpaired) electrons. The number of aromatic nitrogens is 4. The first kappa shape index (κ1) is 19.8. The summed E-state index contributed by atoms with van der Waals surface area (Å²) in [5.74, 6) is 1.63. The van der Waals surface area contributed by atoms with E-state index in [-0.39, 0.29) is 0 Å².